The molecular weight excluding hydrogens is 237 g/mol. The zero-order valence-corrected chi connectivity index (χ0v) is 12.2. The molecule has 0 fully saturated rings. The van der Waals surface area contributed by atoms with Gasteiger partial charge in [0.25, 0.3) is 0 Å². The van der Waals surface area contributed by atoms with E-state index in [1.807, 2.05) is 18.2 Å². The van der Waals surface area contributed by atoms with Gasteiger partial charge >= 0.3 is 0 Å². The second-order valence-electron chi connectivity index (χ2n) is 6.43. The van der Waals surface area contributed by atoms with Gasteiger partial charge in [0.15, 0.2) is 5.95 Å². The maximum atomic E-state index is 13.8. The summed E-state index contributed by atoms with van der Waals surface area (Å²) in [6.07, 6.45) is 2.85. The van der Waals surface area contributed by atoms with Crippen LogP contribution in [0.1, 0.15) is 45.6 Å². The molecule has 0 aliphatic rings. The minimum Gasteiger partial charge on any atom is -0.293 e. The molecule has 2 rings (SSSR count). The Bertz CT molecular complexity index is 548. The molecule has 0 saturated carbocycles. The molecule has 0 amide bonds. The van der Waals surface area contributed by atoms with E-state index in [9.17, 15) is 4.39 Å². The number of rotatable bonds is 3. The van der Waals surface area contributed by atoms with E-state index in [0.29, 0.717) is 5.92 Å². The van der Waals surface area contributed by atoms with Crippen molar-refractivity contribution in [1.82, 2.24) is 4.57 Å². The fourth-order valence-corrected chi connectivity index (χ4v) is 2.71. The number of para-hydroxylation sites is 1. The third-order valence-electron chi connectivity index (χ3n) is 3.34. The zero-order chi connectivity index (χ0) is 14.0. The highest BCUT2D eigenvalue weighted by molar-refractivity contribution is 5.43. The monoisotopic (exact) mass is 259 g/mol. The van der Waals surface area contributed by atoms with Gasteiger partial charge in [0.05, 0.1) is 5.69 Å². The minimum absolute atomic E-state index is 0.213. The second-order valence-corrected chi connectivity index (χ2v) is 6.43. The van der Waals surface area contributed by atoms with Gasteiger partial charge in [0.2, 0.25) is 0 Å². The summed E-state index contributed by atoms with van der Waals surface area (Å²) in [6.45, 7) is 8.93. The van der Waals surface area contributed by atoms with Gasteiger partial charge in [-0.25, -0.2) is 0 Å². The summed E-state index contributed by atoms with van der Waals surface area (Å²) in [5.74, 6) is 0.188. The van der Waals surface area contributed by atoms with E-state index >= 15 is 0 Å². The highest BCUT2D eigenvalue weighted by Crippen LogP contribution is 2.33. The van der Waals surface area contributed by atoms with Crippen molar-refractivity contribution in [2.75, 3.05) is 0 Å². The minimum atomic E-state index is -0.213. The topological polar surface area (TPSA) is 4.93 Å². The Labute approximate surface area is 115 Å². The van der Waals surface area contributed by atoms with E-state index in [-0.39, 0.29) is 11.4 Å². The van der Waals surface area contributed by atoms with Crippen LogP contribution in [-0.2, 0) is 0 Å². The average molecular weight is 259 g/mol. The molecule has 0 spiro atoms. The van der Waals surface area contributed by atoms with Crippen LogP contribution in [0.25, 0.3) is 5.69 Å². The molecule has 0 aliphatic carbocycles. The van der Waals surface area contributed by atoms with Crippen LogP contribution in [0.3, 0.4) is 0 Å². The second kappa shape index (κ2) is 5.20. The van der Waals surface area contributed by atoms with Crippen LogP contribution in [0.4, 0.5) is 4.39 Å². The van der Waals surface area contributed by atoms with Gasteiger partial charge in [-0.05, 0) is 41.5 Å². The van der Waals surface area contributed by atoms with Gasteiger partial charge in [-0.3, -0.25) is 4.57 Å². The van der Waals surface area contributed by atoms with Crippen LogP contribution < -0.4 is 0 Å². The van der Waals surface area contributed by atoms with Gasteiger partial charge in [-0.2, -0.15) is 4.39 Å². The van der Waals surface area contributed by atoms with Crippen molar-refractivity contribution in [2.45, 2.75) is 40.0 Å². The summed E-state index contributed by atoms with van der Waals surface area (Å²) in [6, 6.07) is 11.3. The fourth-order valence-electron chi connectivity index (χ4n) is 2.71. The van der Waals surface area contributed by atoms with Crippen molar-refractivity contribution >= 4 is 0 Å². The van der Waals surface area contributed by atoms with Crippen molar-refractivity contribution in [3.8, 4) is 5.69 Å². The van der Waals surface area contributed by atoms with E-state index in [0.717, 1.165) is 12.1 Å². The zero-order valence-electron chi connectivity index (χ0n) is 12.2. The van der Waals surface area contributed by atoms with Crippen LogP contribution >= 0.6 is 0 Å². The molecule has 1 atom stereocenters. The molecule has 1 heterocycles. The molecule has 1 aromatic carbocycles. The number of hydrogen-bond donors (Lipinski definition) is 0. The van der Waals surface area contributed by atoms with Gasteiger partial charge in [0.1, 0.15) is 0 Å². The summed E-state index contributed by atoms with van der Waals surface area (Å²) >= 11 is 0. The normalized spacial score (nSPS) is 13.5. The molecule has 0 N–H and O–H groups in total. The number of aromatic nitrogens is 1. The Kier molecular flexibility index (Phi) is 3.79. The van der Waals surface area contributed by atoms with Crippen LogP contribution in [-0.4, -0.2) is 4.57 Å². The van der Waals surface area contributed by atoms with Gasteiger partial charge in [0, 0.05) is 6.20 Å². The van der Waals surface area contributed by atoms with E-state index in [1.165, 1.54) is 11.6 Å². The van der Waals surface area contributed by atoms with E-state index in [1.54, 1.807) is 16.8 Å². The third kappa shape index (κ3) is 3.25. The fraction of sp³-hybridized carbons (Fsp3) is 0.412. The third-order valence-corrected chi connectivity index (χ3v) is 3.34. The Morgan fingerprint density at radius 1 is 1.11 bits per heavy atom. The van der Waals surface area contributed by atoms with Crippen LogP contribution in [0.15, 0.2) is 42.6 Å². The summed E-state index contributed by atoms with van der Waals surface area (Å²) < 4.78 is 15.4. The standard InChI is InChI=1S/C17H22FN/c1-13(12-17(2,3)4)14-8-5-6-9-15(14)19-11-7-10-16(19)18/h5-11,13H,12H2,1-4H3. The van der Waals surface area contributed by atoms with E-state index in [2.05, 4.69) is 33.8 Å². The predicted molar refractivity (Wildman–Crippen MR) is 78.2 cm³/mol. The first kappa shape index (κ1) is 13.9. The molecule has 0 bridgehead atoms. The van der Waals surface area contributed by atoms with Crippen molar-refractivity contribution in [3.63, 3.8) is 0 Å². The van der Waals surface area contributed by atoms with Crippen LogP contribution in [0.5, 0.6) is 0 Å². The van der Waals surface area contributed by atoms with Gasteiger partial charge < -0.3 is 0 Å². The summed E-state index contributed by atoms with van der Waals surface area (Å²) in [4.78, 5) is 0. The Balaban J connectivity index is 2.40. The number of benzene rings is 1. The Hall–Kier alpha value is -1.57. The molecule has 2 heteroatoms. The van der Waals surface area contributed by atoms with Crippen molar-refractivity contribution in [1.29, 1.82) is 0 Å². The maximum absolute atomic E-state index is 13.8. The van der Waals surface area contributed by atoms with Crippen molar-refractivity contribution in [3.05, 3.63) is 54.1 Å². The number of hydrogen-bond acceptors (Lipinski definition) is 0. The lowest BCUT2D eigenvalue weighted by Crippen LogP contribution is -2.12. The molecule has 0 radical (unpaired) electrons. The first-order valence-electron chi connectivity index (χ1n) is 6.80. The molecule has 2 aromatic rings. The van der Waals surface area contributed by atoms with Crippen LogP contribution in [0.2, 0.25) is 0 Å². The molecule has 0 saturated heterocycles. The lowest BCUT2D eigenvalue weighted by molar-refractivity contribution is 0.348. The molecule has 1 aromatic heterocycles. The summed E-state index contributed by atoms with van der Waals surface area (Å²) in [7, 11) is 0. The molecule has 1 unspecified atom stereocenters. The molecular formula is C17H22FN. The van der Waals surface area contributed by atoms with E-state index < -0.39 is 0 Å². The van der Waals surface area contributed by atoms with Crippen molar-refractivity contribution < 1.29 is 4.39 Å². The van der Waals surface area contributed by atoms with Crippen molar-refractivity contribution in [2.24, 2.45) is 5.41 Å². The first-order chi connectivity index (χ1) is 8.88. The highest BCUT2D eigenvalue weighted by Gasteiger charge is 2.19. The molecule has 1 nitrogen and oxygen atoms in total. The largest absolute Gasteiger partial charge is 0.293 e. The van der Waals surface area contributed by atoms with Crippen LogP contribution in [0, 0.1) is 11.4 Å². The van der Waals surface area contributed by atoms with Gasteiger partial charge in [-0.1, -0.05) is 45.9 Å². The Morgan fingerprint density at radius 3 is 2.37 bits per heavy atom. The number of halogens is 1. The molecule has 19 heavy (non-hydrogen) atoms. The molecule has 102 valence electrons. The smallest absolute Gasteiger partial charge is 0.198 e. The van der Waals surface area contributed by atoms with E-state index in [4.69, 9.17) is 0 Å². The van der Waals surface area contributed by atoms with Gasteiger partial charge in [-0.15, -0.1) is 0 Å². The quantitative estimate of drug-likeness (QED) is 0.717. The Morgan fingerprint density at radius 2 is 1.79 bits per heavy atom. The summed E-state index contributed by atoms with van der Waals surface area (Å²) in [5.41, 5.74) is 2.41. The first-order valence-corrected chi connectivity index (χ1v) is 6.80. The number of nitrogens with zero attached hydrogens (tertiary/aromatic N) is 1. The SMILES string of the molecule is CC(CC(C)(C)C)c1ccccc1-n1cccc1F. The summed E-state index contributed by atoms with van der Waals surface area (Å²) in [5, 5.41) is 0. The highest BCUT2D eigenvalue weighted by atomic mass is 19.1. The molecule has 0 aliphatic heterocycles. The maximum Gasteiger partial charge on any atom is 0.198 e. The lowest BCUT2D eigenvalue weighted by atomic mass is 9.82. The average Bonchev–Trinajstić information content (AvgIpc) is 2.73. The lowest BCUT2D eigenvalue weighted by Gasteiger charge is -2.25. The predicted octanol–water partition coefficient (Wildman–Crippen LogP) is 5.16.